The van der Waals surface area contributed by atoms with E-state index in [1.54, 1.807) is 12.1 Å². The zero-order valence-corrected chi connectivity index (χ0v) is 17.7. The van der Waals surface area contributed by atoms with E-state index in [0.717, 1.165) is 10.9 Å². The molecule has 9 nitrogen and oxygen atoms in total. The van der Waals surface area contributed by atoms with Crippen LogP contribution >= 0.6 is 0 Å². The van der Waals surface area contributed by atoms with Crippen molar-refractivity contribution >= 4 is 16.7 Å². The monoisotopic (exact) mass is 475 g/mol. The number of aliphatic hydroxyl groups excluding tert-OH is 1. The second-order valence-corrected chi connectivity index (χ2v) is 7.92. The first kappa shape index (κ1) is 22.2. The van der Waals surface area contributed by atoms with Gasteiger partial charge in [-0.25, -0.2) is 9.97 Å². The Hall–Kier alpha value is -3.64. The van der Waals surface area contributed by atoms with Gasteiger partial charge in [0.05, 0.1) is 17.8 Å². The van der Waals surface area contributed by atoms with Crippen LogP contribution in [0.4, 0.5) is 19.0 Å². The van der Waals surface area contributed by atoms with Crippen LogP contribution in [0.2, 0.25) is 0 Å². The van der Waals surface area contributed by atoms with E-state index in [-0.39, 0.29) is 44.5 Å². The van der Waals surface area contributed by atoms with Crippen LogP contribution in [-0.4, -0.2) is 37.7 Å². The van der Waals surface area contributed by atoms with Crippen LogP contribution in [0, 0.1) is 0 Å². The zero-order chi connectivity index (χ0) is 23.8. The highest BCUT2D eigenvalue weighted by Gasteiger charge is 2.66. The third-order valence-electron chi connectivity index (χ3n) is 5.69. The van der Waals surface area contributed by atoms with E-state index in [4.69, 9.17) is 14.0 Å². The van der Waals surface area contributed by atoms with E-state index in [9.17, 15) is 18.3 Å². The summed E-state index contributed by atoms with van der Waals surface area (Å²) in [7, 11) is 0. The van der Waals surface area contributed by atoms with E-state index in [1.165, 1.54) is 12.4 Å². The Morgan fingerprint density at radius 2 is 2.00 bits per heavy atom. The van der Waals surface area contributed by atoms with E-state index in [0.29, 0.717) is 17.3 Å². The molecule has 1 fully saturated rings. The van der Waals surface area contributed by atoms with Gasteiger partial charge < -0.3 is 29.0 Å². The summed E-state index contributed by atoms with van der Waals surface area (Å²) in [6, 6.07) is 10.2. The molecule has 12 heteroatoms. The minimum atomic E-state index is -4.35. The Labute approximate surface area is 191 Å². The number of aliphatic hydroxyl groups is 1. The summed E-state index contributed by atoms with van der Waals surface area (Å²) in [5, 5.41) is 16.6. The summed E-state index contributed by atoms with van der Waals surface area (Å²) < 4.78 is 57.7. The summed E-state index contributed by atoms with van der Waals surface area (Å²) in [5.74, 6) is 0.917. The predicted octanol–water partition coefficient (Wildman–Crippen LogP) is 4.34. The van der Waals surface area contributed by atoms with Crippen LogP contribution in [-0.2, 0) is 23.5 Å². The maximum Gasteiger partial charge on any atom is 0.401 e. The fourth-order valence-corrected chi connectivity index (χ4v) is 3.64. The number of aromatic nitrogens is 4. The van der Waals surface area contributed by atoms with Gasteiger partial charge in [-0.2, -0.15) is 13.2 Å². The molecule has 0 spiro atoms. The Balaban J connectivity index is 1.16. The molecule has 4 aromatic rings. The lowest BCUT2D eigenvalue weighted by molar-refractivity contribution is -0.165. The SMILES string of the molecule is OCc1cc(Oc2ccc3c(ccn3COCNc3cc(C4(C(F)(F)F)CC4)on3)c2)ncn1. The topological polar surface area (TPSA) is 107 Å². The molecule has 0 atom stereocenters. The molecule has 0 saturated heterocycles. The molecule has 2 N–H and O–H groups in total. The third kappa shape index (κ3) is 4.29. The van der Waals surface area contributed by atoms with Crippen LogP contribution in [0.25, 0.3) is 10.9 Å². The van der Waals surface area contributed by atoms with Crippen molar-refractivity contribution in [1.29, 1.82) is 0 Å². The molecule has 0 unspecified atom stereocenters. The number of halogens is 3. The van der Waals surface area contributed by atoms with E-state index < -0.39 is 11.6 Å². The maximum absolute atomic E-state index is 13.2. The quantitative estimate of drug-likeness (QED) is 0.272. The molecule has 0 bridgehead atoms. The van der Waals surface area contributed by atoms with Gasteiger partial charge in [-0.15, -0.1) is 0 Å². The van der Waals surface area contributed by atoms with Crippen LogP contribution in [0.1, 0.15) is 24.3 Å². The Kier molecular flexibility index (Phi) is 5.62. The molecule has 178 valence electrons. The third-order valence-corrected chi connectivity index (χ3v) is 5.69. The molecule has 0 radical (unpaired) electrons. The van der Waals surface area contributed by atoms with Crippen molar-refractivity contribution < 1.29 is 32.3 Å². The fourth-order valence-electron chi connectivity index (χ4n) is 3.64. The molecule has 3 aromatic heterocycles. The summed E-state index contributed by atoms with van der Waals surface area (Å²) in [5.41, 5.74) is -0.546. The van der Waals surface area contributed by atoms with E-state index in [1.807, 2.05) is 29.0 Å². The summed E-state index contributed by atoms with van der Waals surface area (Å²) in [6.07, 6.45) is -1.16. The largest absolute Gasteiger partial charge is 0.439 e. The average molecular weight is 475 g/mol. The molecule has 34 heavy (non-hydrogen) atoms. The number of rotatable bonds is 9. The van der Waals surface area contributed by atoms with Crippen molar-refractivity contribution in [2.24, 2.45) is 0 Å². The lowest BCUT2D eigenvalue weighted by Gasteiger charge is -2.15. The molecule has 1 saturated carbocycles. The van der Waals surface area contributed by atoms with Gasteiger partial charge in [0.15, 0.2) is 11.6 Å². The highest BCUT2D eigenvalue weighted by atomic mass is 19.4. The molecule has 1 aliphatic carbocycles. The lowest BCUT2D eigenvalue weighted by Crippen LogP contribution is -2.28. The minimum absolute atomic E-state index is 0.0118. The number of nitrogens with one attached hydrogen (secondary N) is 1. The van der Waals surface area contributed by atoms with Gasteiger partial charge in [-0.3, -0.25) is 0 Å². The highest BCUT2D eigenvalue weighted by Crippen LogP contribution is 2.59. The second kappa shape index (κ2) is 8.61. The van der Waals surface area contributed by atoms with Crippen molar-refractivity contribution in [3.8, 4) is 11.6 Å². The molecule has 1 aromatic carbocycles. The van der Waals surface area contributed by atoms with Crippen LogP contribution in [0.15, 0.2) is 53.4 Å². The molecule has 3 heterocycles. The standard InChI is InChI=1S/C22H20F3N5O4/c23-22(24,25)21(4-5-21)18-9-19(29-34-18)28-12-32-13-30-6-3-14-7-16(1-2-17(14)30)33-20-8-15(10-31)26-11-27-20/h1-3,6-9,11,31H,4-5,10,12-13H2,(H,28,29). The fraction of sp³-hybridized carbons (Fsp3) is 0.318. The van der Waals surface area contributed by atoms with Crippen LogP contribution in [0.3, 0.4) is 0 Å². The first-order chi connectivity index (χ1) is 16.4. The molecule has 5 rings (SSSR count). The predicted molar refractivity (Wildman–Crippen MR) is 113 cm³/mol. The van der Waals surface area contributed by atoms with Crippen molar-refractivity contribution in [3.05, 3.63) is 60.4 Å². The Bertz CT molecular complexity index is 1300. The normalized spacial score (nSPS) is 14.9. The number of alkyl halides is 3. The summed E-state index contributed by atoms with van der Waals surface area (Å²) >= 11 is 0. The van der Waals surface area contributed by atoms with Gasteiger partial charge in [0.2, 0.25) is 5.88 Å². The van der Waals surface area contributed by atoms with Gasteiger partial charge in [0.25, 0.3) is 0 Å². The van der Waals surface area contributed by atoms with Gasteiger partial charge in [-0.05, 0) is 37.1 Å². The second-order valence-electron chi connectivity index (χ2n) is 7.92. The summed E-state index contributed by atoms with van der Waals surface area (Å²) in [4.78, 5) is 7.94. The molecule has 0 aliphatic heterocycles. The van der Waals surface area contributed by atoms with Crippen molar-refractivity contribution in [2.45, 2.75) is 37.8 Å². The zero-order valence-electron chi connectivity index (χ0n) is 17.7. The summed E-state index contributed by atoms with van der Waals surface area (Å²) in [6.45, 7) is 0.0359. The Morgan fingerprint density at radius 1 is 1.15 bits per heavy atom. The van der Waals surface area contributed by atoms with Gasteiger partial charge in [-0.1, -0.05) is 5.16 Å². The first-order valence-corrected chi connectivity index (χ1v) is 10.4. The number of anilines is 1. The maximum atomic E-state index is 13.2. The average Bonchev–Trinajstić information content (AvgIpc) is 3.36. The van der Waals surface area contributed by atoms with Crippen LogP contribution in [0.5, 0.6) is 11.6 Å². The lowest BCUT2D eigenvalue weighted by atomic mass is 10.0. The van der Waals surface area contributed by atoms with Gasteiger partial charge in [0, 0.05) is 23.7 Å². The number of benzene rings is 1. The number of nitrogens with zero attached hydrogens (tertiary/aromatic N) is 4. The van der Waals surface area contributed by atoms with Crippen molar-refractivity contribution in [1.82, 2.24) is 19.7 Å². The van der Waals surface area contributed by atoms with Gasteiger partial charge in [0.1, 0.15) is 31.0 Å². The van der Waals surface area contributed by atoms with Crippen molar-refractivity contribution in [3.63, 3.8) is 0 Å². The van der Waals surface area contributed by atoms with E-state index in [2.05, 4.69) is 20.4 Å². The first-order valence-electron chi connectivity index (χ1n) is 10.4. The van der Waals surface area contributed by atoms with E-state index >= 15 is 0 Å². The van der Waals surface area contributed by atoms with Gasteiger partial charge >= 0.3 is 6.18 Å². The molecule has 0 amide bonds. The smallest absolute Gasteiger partial charge is 0.401 e. The minimum Gasteiger partial charge on any atom is -0.439 e. The molecular weight excluding hydrogens is 455 g/mol. The number of ether oxygens (including phenoxy) is 2. The highest BCUT2D eigenvalue weighted by molar-refractivity contribution is 5.81. The number of hydrogen-bond donors (Lipinski definition) is 2. The molecule has 1 aliphatic rings. The molecular formula is C22H20F3N5O4. The Morgan fingerprint density at radius 3 is 2.76 bits per heavy atom. The number of hydrogen-bond acceptors (Lipinski definition) is 8. The van der Waals surface area contributed by atoms with Crippen molar-refractivity contribution in [2.75, 3.05) is 12.0 Å². The number of fused-ring (bicyclic) bond motifs is 1. The van der Waals surface area contributed by atoms with Crippen LogP contribution < -0.4 is 10.1 Å².